The molecule has 1 saturated heterocycles. The summed E-state index contributed by atoms with van der Waals surface area (Å²) in [6.07, 6.45) is 0.517. The lowest BCUT2D eigenvalue weighted by Gasteiger charge is -2.26. The number of thioether (sulfide) groups is 1. The lowest BCUT2D eigenvalue weighted by Crippen LogP contribution is -2.40. The van der Waals surface area contributed by atoms with E-state index in [-0.39, 0.29) is 12.5 Å². The van der Waals surface area contributed by atoms with E-state index in [4.69, 9.17) is 9.94 Å². The van der Waals surface area contributed by atoms with E-state index in [0.29, 0.717) is 31.2 Å². The fourth-order valence-corrected chi connectivity index (χ4v) is 2.67. The summed E-state index contributed by atoms with van der Waals surface area (Å²) in [5.41, 5.74) is 1.10. The standard InChI is InChI=1S/C14H18N2O3S/c17-8-4-9-19-15-13-14(18)16(7-10-20-13)11-12-5-2-1-3-6-12/h1-3,5-6,17H,4,7-11H2/b15-13+. The predicted octanol–water partition coefficient (Wildman–Crippen LogP) is 1.47. The van der Waals surface area contributed by atoms with E-state index in [0.717, 1.165) is 11.3 Å². The number of aliphatic hydroxyl groups excluding tert-OH is 1. The van der Waals surface area contributed by atoms with Gasteiger partial charge in [-0.1, -0.05) is 47.2 Å². The zero-order chi connectivity index (χ0) is 14.2. The monoisotopic (exact) mass is 294 g/mol. The molecule has 5 nitrogen and oxygen atoms in total. The van der Waals surface area contributed by atoms with Crippen LogP contribution in [-0.4, -0.2) is 46.5 Å². The summed E-state index contributed by atoms with van der Waals surface area (Å²) >= 11 is 1.41. The molecule has 0 aromatic heterocycles. The summed E-state index contributed by atoms with van der Waals surface area (Å²) in [6.45, 7) is 1.70. The minimum atomic E-state index is -0.0888. The van der Waals surface area contributed by atoms with Gasteiger partial charge in [-0.3, -0.25) is 4.79 Å². The van der Waals surface area contributed by atoms with Gasteiger partial charge in [-0.15, -0.1) is 0 Å². The van der Waals surface area contributed by atoms with Crippen molar-refractivity contribution in [3.05, 3.63) is 35.9 Å². The van der Waals surface area contributed by atoms with E-state index in [1.54, 1.807) is 4.90 Å². The lowest BCUT2D eigenvalue weighted by molar-refractivity contribution is -0.124. The van der Waals surface area contributed by atoms with Crippen molar-refractivity contribution < 1.29 is 14.7 Å². The van der Waals surface area contributed by atoms with Crippen molar-refractivity contribution in [2.45, 2.75) is 13.0 Å². The molecule has 1 aliphatic rings. The Kier molecular flexibility index (Phi) is 5.88. The maximum absolute atomic E-state index is 12.2. The summed E-state index contributed by atoms with van der Waals surface area (Å²) in [4.78, 5) is 19.1. The zero-order valence-electron chi connectivity index (χ0n) is 11.2. The Morgan fingerprint density at radius 3 is 2.90 bits per heavy atom. The summed E-state index contributed by atoms with van der Waals surface area (Å²) in [6, 6.07) is 9.89. The molecule has 1 amide bonds. The quantitative estimate of drug-likeness (QED) is 0.637. The minimum Gasteiger partial charge on any atom is -0.396 e. The first-order chi connectivity index (χ1) is 9.81. The first-order valence-corrected chi connectivity index (χ1v) is 7.56. The number of rotatable bonds is 6. The van der Waals surface area contributed by atoms with E-state index >= 15 is 0 Å². The average molecular weight is 294 g/mol. The van der Waals surface area contributed by atoms with Crippen LogP contribution in [0.4, 0.5) is 0 Å². The van der Waals surface area contributed by atoms with Gasteiger partial charge in [0.15, 0.2) is 0 Å². The Hall–Kier alpha value is -1.53. The maximum atomic E-state index is 12.2. The number of benzene rings is 1. The van der Waals surface area contributed by atoms with Crippen LogP contribution in [0.5, 0.6) is 0 Å². The van der Waals surface area contributed by atoms with Gasteiger partial charge in [0.05, 0.1) is 0 Å². The molecule has 0 spiro atoms. The Morgan fingerprint density at radius 2 is 2.15 bits per heavy atom. The molecule has 1 aromatic carbocycles. The molecule has 1 heterocycles. The van der Waals surface area contributed by atoms with Gasteiger partial charge in [0.25, 0.3) is 5.91 Å². The summed E-state index contributed by atoms with van der Waals surface area (Å²) in [5.74, 6) is 0.731. The van der Waals surface area contributed by atoms with Crippen LogP contribution in [0.3, 0.4) is 0 Å². The number of amides is 1. The lowest BCUT2D eigenvalue weighted by atomic mass is 10.2. The van der Waals surface area contributed by atoms with Crippen LogP contribution in [0.1, 0.15) is 12.0 Å². The van der Waals surface area contributed by atoms with E-state index < -0.39 is 0 Å². The van der Waals surface area contributed by atoms with Crippen LogP contribution in [0.15, 0.2) is 35.5 Å². The molecule has 108 valence electrons. The largest absolute Gasteiger partial charge is 0.396 e. The van der Waals surface area contributed by atoms with Gasteiger partial charge in [0.1, 0.15) is 6.61 Å². The van der Waals surface area contributed by atoms with E-state index in [1.807, 2.05) is 30.3 Å². The van der Waals surface area contributed by atoms with Gasteiger partial charge in [0.2, 0.25) is 5.04 Å². The third-order valence-electron chi connectivity index (χ3n) is 2.83. The molecule has 0 bridgehead atoms. The molecule has 2 rings (SSSR count). The second-order valence-electron chi connectivity index (χ2n) is 4.37. The van der Waals surface area contributed by atoms with Crippen LogP contribution in [-0.2, 0) is 16.2 Å². The highest BCUT2D eigenvalue weighted by molar-refractivity contribution is 8.15. The van der Waals surface area contributed by atoms with Gasteiger partial charge in [-0.2, -0.15) is 0 Å². The fourth-order valence-electron chi connectivity index (χ4n) is 1.80. The van der Waals surface area contributed by atoms with Crippen molar-refractivity contribution in [2.75, 3.05) is 25.5 Å². The Morgan fingerprint density at radius 1 is 1.35 bits per heavy atom. The molecule has 6 heteroatoms. The number of hydrogen-bond acceptors (Lipinski definition) is 5. The topological polar surface area (TPSA) is 62.1 Å². The van der Waals surface area contributed by atoms with Crippen molar-refractivity contribution in [3.8, 4) is 0 Å². The summed E-state index contributed by atoms with van der Waals surface area (Å²) < 4.78 is 0. The highest BCUT2D eigenvalue weighted by Crippen LogP contribution is 2.17. The Labute approximate surface area is 122 Å². The molecular formula is C14H18N2O3S. The zero-order valence-corrected chi connectivity index (χ0v) is 12.0. The molecular weight excluding hydrogens is 276 g/mol. The number of carbonyl (C=O) groups excluding carboxylic acids is 1. The van der Waals surface area contributed by atoms with Crippen molar-refractivity contribution in [2.24, 2.45) is 5.16 Å². The second-order valence-corrected chi connectivity index (χ2v) is 5.45. The van der Waals surface area contributed by atoms with Crippen LogP contribution in [0.25, 0.3) is 0 Å². The third kappa shape index (κ3) is 4.25. The SMILES string of the molecule is O=C1/C(=N\OCCCO)SCCN1Cc1ccccc1. The van der Waals surface area contributed by atoms with Gasteiger partial charge in [-0.25, -0.2) is 0 Å². The number of nitrogens with zero attached hydrogens (tertiary/aromatic N) is 2. The highest BCUT2D eigenvalue weighted by atomic mass is 32.2. The molecule has 0 unspecified atom stereocenters. The second kappa shape index (κ2) is 7.91. The molecule has 1 N–H and O–H groups in total. The first kappa shape index (κ1) is 14.9. The van der Waals surface area contributed by atoms with Gasteiger partial charge in [-0.05, 0) is 5.56 Å². The number of hydrogen-bond donors (Lipinski definition) is 1. The molecule has 1 aromatic rings. The maximum Gasteiger partial charge on any atom is 0.282 e. The molecule has 0 saturated carbocycles. The summed E-state index contributed by atoms with van der Waals surface area (Å²) in [7, 11) is 0. The number of oxime groups is 1. The number of carbonyl (C=O) groups is 1. The van der Waals surface area contributed by atoms with Gasteiger partial charge >= 0.3 is 0 Å². The third-order valence-corrected chi connectivity index (χ3v) is 3.74. The van der Waals surface area contributed by atoms with Crippen LogP contribution in [0, 0.1) is 0 Å². The molecule has 20 heavy (non-hydrogen) atoms. The molecule has 0 atom stereocenters. The molecule has 0 aliphatic carbocycles. The van der Waals surface area contributed by atoms with Crippen molar-refractivity contribution in [3.63, 3.8) is 0 Å². The Bertz CT molecular complexity index is 465. The molecule has 1 fully saturated rings. The van der Waals surface area contributed by atoms with Gasteiger partial charge < -0.3 is 14.8 Å². The highest BCUT2D eigenvalue weighted by Gasteiger charge is 2.26. The van der Waals surface area contributed by atoms with E-state index in [9.17, 15) is 4.79 Å². The fraction of sp³-hybridized carbons (Fsp3) is 0.429. The van der Waals surface area contributed by atoms with Gasteiger partial charge in [0, 0.05) is 31.9 Å². The average Bonchev–Trinajstić information content (AvgIpc) is 2.48. The van der Waals surface area contributed by atoms with Crippen LogP contribution in [0.2, 0.25) is 0 Å². The van der Waals surface area contributed by atoms with Crippen molar-refractivity contribution >= 4 is 22.7 Å². The number of aliphatic hydroxyl groups is 1. The van der Waals surface area contributed by atoms with Crippen LogP contribution < -0.4 is 0 Å². The van der Waals surface area contributed by atoms with E-state index in [1.165, 1.54) is 11.8 Å². The van der Waals surface area contributed by atoms with Crippen LogP contribution >= 0.6 is 11.8 Å². The first-order valence-electron chi connectivity index (χ1n) is 6.58. The van der Waals surface area contributed by atoms with E-state index in [2.05, 4.69) is 5.16 Å². The molecule has 1 aliphatic heterocycles. The van der Waals surface area contributed by atoms with Crippen molar-refractivity contribution in [1.29, 1.82) is 0 Å². The molecule has 0 radical (unpaired) electrons. The summed E-state index contributed by atoms with van der Waals surface area (Å²) in [5, 5.41) is 12.9. The smallest absolute Gasteiger partial charge is 0.282 e. The predicted molar refractivity (Wildman–Crippen MR) is 79.4 cm³/mol. The Balaban J connectivity index is 1.93. The normalized spacial score (nSPS) is 17.6. The van der Waals surface area contributed by atoms with Crippen molar-refractivity contribution in [1.82, 2.24) is 4.90 Å². The minimum absolute atomic E-state index is 0.0616.